The quantitative estimate of drug-likeness (QED) is 0.793. The molecule has 0 aliphatic carbocycles. The molecule has 2 rings (SSSR count). The molecule has 142 valence electrons. The minimum Gasteiger partial charge on any atom is -0.497 e. The Morgan fingerprint density at radius 1 is 1.12 bits per heavy atom. The molecule has 1 heterocycles. The molecular weight excluding hydrogens is 350 g/mol. The van der Waals surface area contributed by atoms with Gasteiger partial charge in [0.2, 0.25) is 0 Å². The van der Waals surface area contributed by atoms with Gasteiger partial charge in [0.1, 0.15) is 5.75 Å². The largest absolute Gasteiger partial charge is 0.497 e. The van der Waals surface area contributed by atoms with E-state index in [1.54, 1.807) is 4.90 Å². The van der Waals surface area contributed by atoms with Crippen LogP contribution in [0.3, 0.4) is 0 Å². The molecule has 1 fully saturated rings. The average Bonchev–Trinajstić information content (AvgIpc) is 2.54. The standard InChI is InChI=1S/C16H20F6N2O/c1-25-11-2-3-12(13(10-11)16(20,21)22)14(4-5-15(17,18)19)24-8-6-23-7-9-24/h2-3,10,14,23H,4-9H2,1H3/t14-/m1/s1. The molecule has 3 nitrogen and oxygen atoms in total. The van der Waals surface area contributed by atoms with Crippen molar-refractivity contribution in [1.82, 2.24) is 10.2 Å². The molecule has 1 N–H and O–H groups in total. The Hall–Kier alpha value is -1.48. The van der Waals surface area contributed by atoms with Gasteiger partial charge in [-0.3, -0.25) is 4.90 Å². The van der Waals surface area contributed by atoms with Gasteiger partial charge in [-0.1, -0.05) is 6.07 Å². The van der Waals surface area contributed by atoms with Gasteiger partial charge in [0, 0.05) is 38.6 Å². The first kappa shape index (κ1) is 19.8. The molecule has 1 atom stereocenters. The van der Waals surface area contributed by atoms with Crippen LogP contribution in [0.4, 0.5) is 26.3 Å². The predicted octanol–water partition coefficient (Wildman–Crippen LogP) is 4.00. The third-order valence-corrected chi connectivity index (χ3v) is 4.22. The summed E-state index contributed by atoms with van der Waals surface area (Å²) >= 11 is 0. The second-order valence-electron chi connectivity index (χ2n) is 5.91. The molecule has 0 bridgehead atoms. The van der Waals surface area contributed by atoms with Crippen LogP contribution in [-0.4, -0.2) is 44.4 Å². The summed E-state index contributed by atoms with van der Waals surface area (Å²) in [6.45, 7) is 1.84. The number of alkyl halides is 6. The van der Waals surface area contributed by atoms with Crippen LogP contribution in [0.2, 0.25) is 0 Å². The van der Waals surface area contributed by atoms with Gasteiger partial charge in [-0.25, -0.2) is 0 Å². The normalized spacial score (nSPS) is 18.2. The molecule has 0 amide bonds. The van der Waals surface area contributed by atoms with Gasteiger partial charge in [-0.05, 0) is 24.1 Å². The highest BCUT2D eigenvalue weighted by molar-refractivity contribution is 5.39. The number of hydrogen-bond acceptors (Lipinski definition) is 3. The van der Waals surface area contributed by atoms with Crippen molar-refractivity contribution in [3.63, 3.8) is 0 Å². The lowest BCUT2D eigenvalue weighted by molar-refractivity contribution is -0.141. The Bertz CT molecular complexity index is 567. The number of nitrogens with one attached hydrogen (secondary N) is 1. The van der Waals surface area contributed by atoms with Gasteiger partial charge in [-0.2, -0.15) is 26.3 Å². The zero-order valence-corrected chi connectivity index (χ0v) is 13.7. The number of halogens is 6. The van der Waals surface area contributed by atoms with E-state index < -0.39 is 36.8 Å². The zero-order valence-electron chi connectivity index (χ0n) is 13.7. The van der Waals surface area contributed by atoms with Crippen molar-refractivity contribution >= 4 is 0 Å². The minimum atomic E-state index is -4.67. The highest BCUT2D eigenvalue weighted by atomic mass is 19.4. The Kier molecular flexibility index (Phi) is 6.21. The minimum absolute atomic E-state index is 0.0194. The van der Waals surface area contributed by atoms with Crippen molar-refractivity contribution in [1.29, 1.82) is 0 Å². The molecular formula is C16H20F6N2O. The van der Waals surface area contributed by atoms with Crippen LogP contribution < -0.4 is 10.1 Å². The monoisotopic (exact) mass is 370 g/mol. The van der Waals surface area contributed by atoms with Gasteiger partial charge in [0.15, 0.2) is 0 Å². The number of methoxy groups -OCH3 is 1. The van der Waals surface area contributed by atoms with E-state index in [9.17, 15) is 26.3 Å². The summed E-state index contributed by atoms with van der Waals surface area (Å²) in [5.41, 5.74) is -1.09. The van der Waals surface area contributed by atoms with Gasteiger partial charge < -0.3 is 10.1 Å². The number of hydrogen-bond donors (Lipinski definition) is 1. The zero-order chi connectivity index (χ0) is 18.7. The predicted molar refractivity (Wildman–Crippen MR) is 80.5 cm³/mol. The maximum absolute atomic E-state index is 13.5. The molecule has 0 spiro atoms. The van der Waals surface area contributed by atoms with E-state index in [0.29, 0.717) is 26.2 Å². The van der Waals surface area contributed by atoms with E-state index in [0.717, 1.165) is 6.07 Å². The van der Waals surface area contributed by atoms with Crippen LogP contribution >= 0.6 is 0 Å². The van der Waals surface area contributed by atoms with Crippen LogP contribution in [-0.2, 0) is 6.18 Å². The van der Waals surface area contributed by atoms with Crippen molar-refractivity contribution in [2.75, 3.05) is 33.3 Å². The maximum Gasteiger partial charge on any atom is 0.416 e. The van der Waals surface area contributed by atoms with Crippen LogP contribution in [0, 0.1) is 0 Å². The number of nitrogens with zero attached hydrogens (tertiary/aromatic N) is 1. The summed E-state index contributed by atoms with van der Waals surface area (Å²) < 4.78 is 83.3. The third-order valence-electron chi connectivity index (χ3n) is 4.22. The SMILES string of the molecule is COc1ccc([C@@H](CCC(F)(F)F)N2CCNCC2)c(C(F)(F)F)c1. The lowest BCUT2D eigenvalue weighted by Crippen LogP contribution is -2.45. The topological polar surface area (TPSA) is 24.5 Å². The van der Waals surface area contributed by atoms with E-state index in [1.165, 1.54) is 19.2 Å². The van der Waals surface area contributed by atoms with Crippen molar-refractivity contribution in [3.05, 3.63) is 29.3 Å². The Labute approximate surface area is 141 Å². The summed E-state index contributed by atoms with van der Waals surface area (Å²) in [7, 11) is 1.24. The molecule has 9 heteroatoms. The maximum atomic E-state index is 13.5. The summed E-state index contributed by atoms with van der Waals surface area (Å²) in [5, 5.41) is 3.05. The Morgan fingerprint density at radius 2 is 1.76 bits per heavy atom. The second kappa shape index (κ2) is 7.82. The molecule has 0 unspecified atom stereocenters. The smallest absolute Gasteiger partial charge is 0.416 e. The molecule has 0 radical (unpaired) electrons. The highest BCUT2D eigenvalue weighted by Crippen LogP contribution is 2.41. The molecule has 25 heavy (non-hydrogen) atoms. The van der Waals surface area contributed by atoms with Crippen molar-refractivity contribution in [2.24, 2.45) is 0 Å². The van der Waals surface area contributed by atoms with Crippen molar-refractivity contribution < 1.29 is 31.1 Å². The number of piperazine rings is 1. The van der Waals surface area contributed by atoms with E-state index in [-0.39, 0.29) is 11.3 Å². The van der Waals surface area contributed by atoms with Crippen LogP contribution in [0.5, 0.6) is 5.75 Å². The first-order chi connectivity index (χ1) is 11.6. The van der Waals surface area contributed by atoms with Crippen LogP contribution in [0.15, 0.2) is 18.2 Å². The van der Waals surface area contributed by atoms with E-state index >= 15 is 0 Å². The number of rotatable bonds is 5. The van der Waals surface area contributed by atoms with Gasteiger partial charge in [0.25, 0.3) is 0 Å². The molecule has 1 aromatic rings. The summed E-state index contributed by atoms with van der Waals surface area (Å²) in [4.78, 5) is 1.68. The van der Waals surface area contributed by atoms with Gasteiger partial charge in [-0.15, -0.1) is 0 Å². The van der Waals surface area contributed by atoms with Gasteiger partial charge in [0.05, 0.1) is 12.7 Å². The molecule has 1 aliphatic rings. The Morgan fingerprint density at radius 3 is 2.28 bits per heavy atom. The van der Waals surface area contributed by atoms with Crippen LogP contribution in [0.1, 0.15) is 30.0 Å². The first-order valence-corrected chi connectivity index (χ1v) is 7.88. The van der Waals surface area contributed by atoms with Crippen molar-refractivity contribution in [3.8, 4) is 5.75 Å². The second-order valence-corrected chi connectivity index (χ2v) is 5.91. The van der Waals surface area contributed by atoms with Gasteiger partial charge >= 0.3 is 12.4 Å². The Balaban J connectivity index is 2.41. The summed E-state index contributed by atoms with van der Waals surface area (Å²) in [5.74, 6) is 0.0194. The van der Waals surface area contributed by atoms with E-state index in [2.05, 4.69) is 5.32 Å². The fourth-order valence-corrected chi connectivity index (χ4v) is 3.03. The summed E-state index contributed by atoms with van der Waals surface area (Å²) in [6.07, 6.45) is -10.6. The number of benzene rings is 1. The van der Waals surface area contributed by atoms with Crippen molar-refractivity contribution in [2.45, 2.75) is 31.2 Å². The lowest BCUT2D eigenvalue weighted by Gasteiger charge is -2.36. The lowest BCUT2D eigenvalue weighted by atomic mass is 9.94. The fraction of sp³-hybridized carbons (Fsp3) is 0.625. The summed E-state index contributed by atoms with van der Waals surface area (Å²) in [6, 6.07) is 2.47. The highest BCUT2D eigenvalue weighted by Gasteiger charge is 2.38. The fourth-order valence-electron chi connectivity index (χ4n) is 3.03. The molecule has 1 saturated heterocycles. The molecule has 1 aliphatic heterocycles. The average molecular weight is 370 g/mol. The van der Waals surface area contributed by atoms with E-state index in [1.807, 2.05) is 0 Å². The van der Waals surface area contributed by atoms with E-state index in [4.69, 9.17) is 4.74 Å². The first-order valence-electron chi connectivity index (χ1n) is 7.88. The molecule has 0 aromatic heterocycles. The third kappa shape index (κ3) is 5.50. The molecule has 0 saturated carbocycles. The molecule has 1 aromatic carbocycles. The van der Waals surface area contributed by atoms with Crippen LogP contribution in [0.25, 0.3) is 0 Å². The number of ether oxygens (including phenoxy) is 1.